The van der Waals surface area contributed by atoms with Crippen molar-refractivity contribution in [3.05, 3.63) is 10.4 Å². The molecule has 0 aliphatic carbocycles. The molecule has 2 rings (SSSR count). The summed E-state index contributed by atoms with van der Waals surface area (Å²) in [6.45, 7) is 15.5. The van der Waals surface area contributed by atoms with Crippen molar-refractivity contribution >= 4 is 12.7 Å². The molecule has 1 radical (unpaired) electrons. The van der Waals surface area contributed by atoms with E-state index in [0.717, 1.165) is 9.48 Å². The van der Waals surface area contributed by atoms with Crippen LogP contribution in [0.4, 0.5) is 0 Å². The molecule has 2 aliphatic rings. The molecule has 0 fully saturated rings. The quantitative estimate of drug-likeness (QED) is 0.237. The maximum absolute atomic E-state index is 11.1. The van der Waals surface area contributed by atoms with Gasteiger partial charge in [0, 0.05) is 22.4 Å². The van der Waals surface area contributed by atoms with Crippen LogP contribution in [0.25, 0.3) is 0 Å². The fourth-order valence-corrected chi connectivity index (χ4v) is 1.47. The van der Waals surface area contributed by atoms with Gasteiger partial charge in [0.15, 0.2) is 0 Å². The number of rotatable bonds is 0. The molecule has 2 aliphatic heterocycles. The van der Waals surface area contributed by atoms with Crippen molar-refractivity contribution in [3.8, 4) is 0 Å². The summed E-state index contributed by atoms with van der Waals surface area (Å²) in [5, 5.41) is 27.9. The minimum atomic E-state index is -0.396. The first-order valence-electron chi connectivity index (χ1n) is 6.76. The van der Waals surface area contributed by atoms with E-state index >= 15 is 0 Å². The van der Waals surface area contributed by atoms with E-state index in [1.807, 2.05) is 55.4 Å². The van der Waals surface area contributed by atoms with E-state index in [9.17, 15) is 10.4 Å². The fraction of sp³-hybridized carbons (Fsp3) is 0.857. The van der Waals surface area contributed by atoms with Crippen molar-refractivity contribution in [2.75, 3.05) is 0 Å². The van der Waals surface area contributed by atoms with Crippen LogP contribution in [-0.2, 0) is 22.4 Å². The monoisotopic (exact) mass is 479 g/mol. The van der Waals surface area contributed by atoms with Gasteiger partial charge in [-0.25, -0.2) is 0 Å². The Morgan fingerprint density at radius 1 is 0.667 bits per heavy atom. The summed E-state index contributed by atoms with van der Waals surface area (Å²) in [4.78, 5) is 0. The predicted octanol–water partition coefficient (Wildman–Crippen LogP) is 1.12. The van der Waals surface area contributed by atoms with E-state index in [1.165, 1.54) is 0 Å². The van der Waals surface area contributed by atoms with E-state index in [-0.39, 0.29) is 33.5 Å². The van der Waals surface area contributed by atoms with Gasteiger partial charge in [0.05, 0.1) is 0 Å². The van der Waals surface area contributed by atoms with Gasteiger partial charge in [-0.1, -0.05) is 0 Å². The molecule has 21 heavy (non-hydrogen) atoms. The molecule has 7 heteroatoms. The van der Waals surface area contributed by atoms with Gasteiger partial charge >= 0.3 is 0 Å². The first-order valence-corrected chi connectivity index (χ1v) is 6.76. The third-order valence-electron chi connectivity index (χ3n) is 5.01. The van der Waals surface area contributed by atoms with E-state index in [1.54, 1.807) is 0 Å². The van der Waals surface area contributed by atoms with Crippen LogP contribution in [-0.4, -0.2) is 44.3 Å². The number of nitrogens with one attached hydrogen (secondary N) is 2. The zero-order valence-corrected chi connectivity index (χ0v) is 16.2. The summed E-state index contributed by atoms with van der Waals surface area (Å²) in [6.07, 6.45) is 5.06. The van der Waals surface area contributed by atoms with E-state index < -0.39 is 11.1 Å². The molecule has 0 aromatic heterocycles. The molecule has 6 nitrogen and oxygen atoms in total. The van der Waals surface area contributed by atoms with Crippen molar-refractivity contribution in [2.24, 2.45) is 0 Å². The van der Waals surface area contributed by atoms with Crippen molar-refractivity contribution in [3.63, 3.8) is 0 Å². The van der Waals surface area contributed by atoms with Crippen molar-refractivity contribution in [1.29, 1.82) is 0 Å². The third-order valence-corrected chi connectivity index (χ3v) is 5.01. The van der Waals surface area contributed by atoms with Gasteiger partial charge in [-0.05, 0) is 55.4 Å². The minimum Gasteiger partial charge on any atom is -0.745 e. The average Bonchev–Trinajstić information content (AvgIpc) is 2.60. The standard InChI is InChI=1S/2C7H13N2O.Au/c2*1-6(2)7(3,4)9(10)5-8-6;/h2*8H,1-4H3;/q2*-1;. The van der Waals surface area contributed by atoms with Crippen molar-refractivity contribution in [1.82, 2.24) is 10.6 Å². The largest absolute Gasteiger partial charge is 0.745 e. The SMILES string of the molecule is CC1(C)N[C-]=[N+]([O-])C1(C)C.CC1(C)N[C-]=[N+]([O-])C1(C)C.[Au]. The van der Waals surface area contributed by atoms with E-state index in [4.69, 9.17) is 0 Å². The number of nitrogens with zero attached hydrogens (tertiary/aromatic N) is 2. The van der Waals surface area contributed by atoms with Gasteiger partial charge in [-0.3, -0.25) is 0 Å². The van der Waals surface area contributed by atoms with E-state index in [0.29, 0.717) is 0 Å². The van der Waals surface area contributed by atoms with Crippen LogP contribution in [0, 0.1) is 10.4 Å². The number of hydroxylamine groups is 2. The topological polar surface area (TPSA) is 76.2 Å². The van der Waals surface area contributed by atoms with E-state index in [2.05, 4.69) is 23.3 Å². The molecule has 2 N–H and O–H groups in total. The second kappa shape index (κ2) is 5.82. The van der Waals surface area contributed by atoms with Crippen LogP contribution in [0.1, 0.15) is 55.4 Å². The normalized spacial score (nSPS) is 26.1. The van der Waals surface area contributed by atoms with Gasteiger partial charge in [-0.15, -0.1) is 12.7 Å². The first-order chi connectivity index (χ1) is 8.76. The predicted molar refractivity (Wildman–Crippen MR) is 79.9 cm³/mol. The van der Waals surface area contributed by atoms with Gasteiger partial charge in [0.1, 0.15) is 22.2 Å². The smallest absolute Gasteiger partial charge is 0.111 e. The molecule has 0 spiro atoms. The summed E-state index contributed by atoms with van der Waals surface area (Å²) in [6, 6.07) is 0. The molecule has 0 saturated carbocycles. The summed E-state index contributed by atoms with van der Waals surface area (Å²) in [5.41, 5.74) is -1.16. The Balaban J connectivity index is 0.000000364. The Hall–Kier alpha value is -0.720. The number of hydrogen-bond acceptors (Lipinski definition) is 4. The maximum atomic E-state index is 11.1. The molecular formula is C14H26AuN4O2-2. The Labute approximate surface area is 143 Å². The van der Waals surface area contributed by atoms with Gasteiger partial charge in [0.25, 0.3) is 0 Å². The molecule has 0 saturated heterocycles. The molecule has 2 heterocycles. The molecule has 0 atom stereocenters. The molecule has 0 aromatic rings. The van der Waals surface area contributed by atoms with Crippen LogP contribution < -0.4 is 10.6 Å². The van der Waals surface area contributed by atoms with Gasteiger partial charge in [0.2, 0.25) is 0 Å². The third kappa shape index (κ3) is 3.38. The molecule has 0 unspecified atom stereocenters. The van der Waals surface area contributed by atoms with Crippen LogP contribution in [0.15, 0.2) is 0 Å². The minimum absolute atomic E-state index is 0. The second-order valence-electron chi connectivity index (χ2n) is 7.43. The summed E-state index contributed by atoms with van der Waals surface area (Å²) in [5.74, 6) is 0. The van der Waals surface area contributed by atoms with Crippen LogP contribution in [0.3, 0.4) is 0 Å². The maximum Gasteiger partial charge on any atom is 0.111 e. The summed E-state index contributed by atoms with van der Waals surface area (Å²) < 4.78 is 1.68. The van der Waals surface area contributed by atoms with Crippen LogP contribution in [0.5, 0.6) is 0 Å². The van der Waals surface area contributed by atoms with Gasteiger partial charge in [-0.2, -0.15) is 0 Å². The fourth-order valence-electron chi connectivity index (χ4n) is 1.47. The molecular weight excluding hydrogens is 453 g/mol. The number of hydrogen-bond donors (Lipinski definition) is 2. The van der Waals surface area contributed by atoms with Gasteiger partial charge < -0.3 is 30.5 Å². The molecule has 127 valence electrons. The van der Waals surface area contributed by atoms with Crippen LogP contribution >= 0.6 is 0 Å². The van der Waals surface area contributed by atoms with Crippen molar-refractivity contribution in [2.45, 2.75) is 77.5 Å². The Morgan fingerprint density at radius 2 is 0.905 bits per heavy atom. The van der Waals surface area contributed by atoms with Crippen molar-refractivity contribution < 1.29 is 31.9 Å². The second-order valence-corrected chi connectivity index (χ2v) is 7.43. The molecule has 0 bridgehead atoms. The molecule has 0 aromatic carbocycles. The summed E-state index contributed by atoms with van der Waals surface area (Å²) >= 11 is 0. The summed E-state index contributed by atoms with van der Waals surface area (Å²) in [7, 11) is 0. The molecule has 0 amide bonds. The first kappa shape index (κ1) is 20.3. The zero-order chi connectivity index (χ0) is 16.0. The Bertz CT molecular complexity index is 412. The zero-order valence-electron chi connectivity index (χ0n) is 14.0. The Morgan fingerprint density at radius 3 is 0.952 bits per heavy atom. The Kier molecular flexibility index (Phi) is 5.62. The average molecular weight is 479 g/mol. The van der Waals surface area contributed by atoms with Crippen LogP contribution in [0.2, 0.25) is 0 Å².